The molecule has 0 heterocycles. The van der Waals surface area contributed by atoms with Gasteiger partial charge in [-0.3, -0.25) is 0 Å². The maximum absolute atomic E-state index is 11.5. The Hall–Kier alpha value is -2.03. The molecule has 0 spiro atoms. The van der Waals surface area contributed by atoms with E-state index in [4.69, 9.17) is 9.84 Å². The highest BCUT2D eigenvalue weighted by atomic mass is 16.6. The number of carbonyl (C=O) groups excluding carboxylic acids is 1. The van der Waals surface area contributed by atoms with Crippen LogP contribution >= 0.6 is 0 Å². The van der Waals surface area contributed by atoms with Gasteiger partial charge in [-0.15, -0.1) is 0 Å². The van der Waals surface area contributed by atoms with Crippen LogP contribution in [0.3, 0.4) is 0 Å². The average Bonchev–Trinajstić information content (AvgIpc) is 2.46. The van der Waals surface area contributed by atoms with Crippen molar-refractivity contribution < 1.29 is 19.7 Å². The zero-order valence-corrected chi connectivity index (χ0v) is 13.9. The monoisotopic (exact) mass is 319 g/mol. The lowest BCUT2D eigenvalue weighted by molar-refractivity contribution is 0.0518. The second kappa shape index (κ2) is 9.19. The molecule has 0 bridgehead atoms. The second-order valence-electron chi connectivity index (χ2n) is 6.17. The predicted molar refractivity (Wildman–Crippen MR) is 88.8 cm³/mol. The number of benzene rings is 1. The highest BCUT2D eigenvalue weighted by Gasteiger charge is 2.16. The van der Waals surface area contributed by atoms with Gasteiger partial charge in [0.15, 0.2) is 0 Å². The molecule has 1 amide bonds. The lowest BCUT2D eigenvalue weighted by Gasteiger charge is -2.20. The summed E-state index contributed by atoms with van der Waals surface area (Å²) in [6.07, 6.45) is -0.240. The van der Waals surface area contributed by atoms with E-state index < -0.39 is 17.8 Å². The molecular weight excluding hydrogens is 294 g/mol. The summed E-state index contributed by atoms with van der Waals surface area (Å²) < 4.78 is 5.13. The molecule has 23 heavy (non-hydrogen) atoms. The highest BCUT2D eigenvalue weighted by Crippen LogP contribution is 2.17. The highest BCUT2D eigenvalue weighted by molar-refractivity contribution is 5.67. The van der Waals surface area contributed by atoms with E-state index >= 15 is 0 Å². The van der Waals surface area contributed by atoms with Gasteiger partial charge in [0.2, 0.25) is 0 Å². The summed E-state index contributed by atoms with van der Waals surface area (Å²) in [6, 6.07) is 7.49. The molecule has 0 fully saturated rings. The van der Waals surface area contributed by atoms with Crippen LogP contribution in [0.2, 0.25) is 0 Å². The minimum Gasteiger partial charge on any atom is -0.444 e. The van der Waals surface area contributed by atoms with Crippen LogP contribution in [0.25, 0.3) is 0 Å². The quantitative estimate of drug-likeness (QED) is 0.727. The summed E-state index contributed by atoms with van der Waals surface area (Å²) in [6.45, 7) is 5.56. The van der Waals surface area contributed by atoms with Crippen LogP contribution in [0, 0.1) is 11.8 Å². The number of hydrogen-bond donors (Lipinski definition) is 3. The van der Waals surface area contributed by atoms with Gasteiger partial charge in [-0.25, -0.2) is 4.79 Å². The first-order valence-electron chi connectivity index (χ1n) is 7.62. The number of carbonyl (C=O) groups is 1. The van der Waals surface area contributed by atoms with Gasteiger partial charge in [-0.05, 0) is 38.3 Å². The Morgan fingerprint density at radius 3 is 2.74 bits per heavy atom. The van der Waals surface area contributed by atoms with Crippen LogP contribution in [0.5, 0.6) is 0 Å². The van der Waals surface area contributed by atoms with Crippen molar-refractivity contribution in [1.82, 2.24) is 5.32 Å². The first-order valence-corrected chi connectivity index (χ1v) is 7.62. The zero-order valence-electron chi connectivity index (χ0n) is 13.9. The third-order valence-corrected chi connectivity index (χ3v) is 2.92. The Kier molecular flexibility index (Phi) is 7.60. The first-order chi connectivity index (χ1) is 10.8. The Morgan fingerprint density at radius 1 is 1.35 bits per heavy atom. The van der Waals surface area contributed by atoms with E-state index in [1.807, 2.05) is 24.3 Å². The molecule has 3 N–H and O–H groups in total. The van der Waals surface area contributed by atoms with Crippen molar-refractivity contribution in [1.29, 1.82) is 0 Å². The summed E-state index contributed by atoms with van der Waals surface area (Å²) in [7, 11) is 0. The molecule has 0 aliphatic heterocycles. The number of aliphatic hydroxyl groups excluding tert-OH is 2. The number of rotatable bonds is 5. The average molecular weight is 319 g/mol. The third kappa shape index (κ3) is 8.24. The molecule has 126 valence electrons. The van der Waals surface area contributed by atoms with E-state index in [1.165, 1.54) is 0 Å². The fraction of sp³-hybridized carbons (Fsp3) is 0.500. The molecule has 5 heteroatoms. The number of nitrogens with one attached hydrogen (secondary N) is 1. The van der Waals surface area contributed by atoms with E-state index in [1.54, 1.807) is 20.8 Å². The van der Waals surface area contributed by atoms with Crippen LogP contribution in [-0.2, 0) is 11.2 Å². The van der Waals surface area contributed by atoms with Crippen LogP contribution < -0.4 is 5.32 Å². The summed E-state index contributed by atoms with van der Waals surface area (Å²) in [5, 5.41) is 21.5. The van der Waals surface area contributed by atoms with Gasteiger partial charge in [-0.2, -0.15) is 0 Å². The SMILES string of the molecule is CC(C)(C)OC(=O)NCCC(O)c1cccc(CC#CCO)c1. The van der Waals surface area contributed by atoms with Gasteiger partial charge >= 0.3 is 6.09 Å². The molecule has 0 aliphatic carbocycles. The number of hydrogen-bond acceptors (Lipinski definition) is 4. The fourth-order valence-electron chi connectivity index (χ4n) is 1.92. The maximum Gasteiger partial charge on any atom is 0.407 e. The van der Waals surface area contributed by atoms with Gasteiger partial charge in [0.25, 0.3) is 0 Å². The molecule has 0 saturated heterocycles. The van der Waals surface area contributed by atoms with Crippen LogP contribution in [-0.4, -0.2) is 35.1 Å². The summed E-state index contributed by atoms with van der Waals surface area (Å²) >= 11 is 0. The van der Waals surface area contributed by atoms with Crippen LogP contribution in [0.4, 0.5) is 4.79 Å². The zero-order chi connectivity index (χ0) is 17.3. The molecule has 0 radical (unpaired) electrons. The normalized spacial score (nSPS) is 12.0. The van der Waals surface area contributed by atoms with Crippen molar-refractivity contribution in [2.24, 2.45) is 0 Å². The summed E-state index contributed by atoms with van der Waals surface area (Å²) in [4.78, 5) is 11.5. The number of ether oxygens (including phenoxy) is 1. The summed E-state index contributed by atoms with van der Waals surface area (Å²) in [5.41, 5.74) is 1.22. The van der Waals surface area contributed by atoms with Gasteiger partial charge < -0.3 is 20.3 Å². The second-order valence-corrected chi connectivity index (χ2v) is 6.17. The van der Waals surface area contributed by atoms with Crippen molar-refractivity contribution >= 4 is 6.09 Å². The van der Waals surface area contributed by atoms with Crippen molar-refractivity contribution in [3.8, 4) is 11.8 Å². The van der Waals surface area contributed by atoms with E-state index in [2.05, 4.69) is 17.2 Å². The van der Waals surface area contributed by atoms with E-state index in [0.29, 0.717) is 19.4 Å². The molecule has 0 aliphatic rings. The third-order valence-electron chi connectivity index (χ3n) is 2.92. The van der Waals surface area contributed by atoms with Gasteiger partial charge in [0, 0.05) is 13.0 Å². The van der Waals surface area contributed by atoms with E-state index in [0.717, 1.165) is 11.1 Å². The van der Waals surface area contributed by atoms with Gasteiger partial charge in [-0.1, -0.05) is 36.1 Å². The molecule has 0 aromatic heterocycles. The lowest BCUT2D eigenvalue weighted by atomic mass is 10.0. The Morgan fingerprint density at radius 2 is 2.09 bits per heavy atom. The molecular formula is C18H25NO4. The minimum absolute atomic E-state index is 0.154. The number of alkyl carbamates (subject to hydrolysis) is 1. The largest absolute Gasteiger partial charge is 0.444 e. The number of amides is 1. The lowest BCUT2D eigenvalue weighted by Crippen LogP contribution is -2.33. The Labute approximate surface area is 137 Å². The Bertz CT molecular complexity index is 566. The topological polar surface area (TPSA) is 78.8 Å². The van der Waals surface area contributed by atoms with E-state index in [9.17, 15) is 9.90 Å². The minimum atomic E-state index is -0.671. The fourth-order valence-corrected chi connectivity index (χ4v) is 1.92. The Balaban J connectivity index is 2.47. The molecule has 1 aromatic rings. The molecule has 1 unspecified atom stereocenters. The van der Waals surface area contributed by atoms with E-state index in [-0.39, 0.29) is 6.61 Å². The first kappa shape index (κ1) is 19.0. The molecule has 0 saturated carbocycles. The molecule has 5 nitrogen and oxygen atoms in total. The van der Waals surface area contributed by atoms with Crippen molar-refractivity contribution in [2.45, 2.75) is 45.3 Å². The van der Waals surface area contributed by atoms with Gasteiger partial charge in [0.05, 0.1) is 6.10 Å². The predicted octanol–water partition coefficient (Wildman–Crippen LogP) is 2.17. The van der Waals surface area contributed by atoms with Gasteiger partial charge in [0.1, 0.15) is 12.2 Å². The van der Waals surface area contributed by atoms with Crippen molar-refractivity contribution in [3.63, 3.8) is 0 Å². The molecule has 1 aromatic carbocycles. The molecule has 1 atom stereocenters. The molecule has 1 rings (SSSR count). The summed E-state index contributed by atoms with van der Waals surface area (Å²) in [5.74, 6) is 5.43. The number of aliphatic hydroxyl groups is 2. The maximum atomic E-state index is 11.5. The van der Waals surface area contributed by atoms with Crippen LogP contribution in [0.15, 0.2) is 24.3 Å². The standard InChI is InChI=1S/C18H25NO4/c1-18(2,3)23-17(22)19-11-10-16(21)15-9-6-8-14(13-15)7-4-5-12-20/h6,8-9,13,16,20-21H,7,10-12H2,1-3H3,(H,19,22). The van der Waals surface area contributed by atoms with Crippen LogP contribution in [0.1, 0.15) is 44.4 Å². The smallest absolute Gasteiger partial charge is 0.407 e. The van der Waals surface area contributed by atoms with Crippen molar-refractivity contribution in [2.75, 3.05) is 13.2 Å². The van der Waals surface area contributed by atoms with Crippen molar-refractivity contribution in [3.05, 3.63) is 35.4 Å².